The summed E-state index contributed by atoms with van der Waals surface area (Å²) >= 11 is 3.60. The molecule has 2 heterocycles. The zero-order valence-corrected chi connectivity index (χ0v) is 9.07. The normalized spacial score (nSPS) is 16.5. The van der Waals surface area contributed by atoms with Crippen molar-refractivity contribution >= 4 is 29.5 Å². The van der Waals surface area contributed by atoms with Crippen LogP contribution in [0.25, 0.3) is 0 Å². The smallest absolute Gasteiger partial charge is 0.226 e. The minimum Gasteiger partial charge on any atom is -0.331 e. The van der Waals surface area contributed by atoms with E-state index >= 15 is 0 Å². The Hall–Kier alpha value is -0.420. The Morgan fingerprint density at radius 2 is 2.23 bits per heavy atom. The van der Waals surface area contributed by atoms with Crippen molar-refractivity contribution in [2.75, 3.05) is 29.3 Å². The highest BCUT2D eigenvalue weighted by molar-refractivity contribution is 7.99. The summed E-state index contributed by atoms with van der Waals surface area (Å²) in [6.45, 7) is 1.07. The molecule has 1 saturated heterocycles. The molecule has 5 heteroatoms. The number of hydrogen-bond acceptors (Lipinski definition) is 5. The van der Waals surface area contributed by atoms with Crippen LogP contribution < -0.4 is 4.90 Å². The minimum atomic E-state index is 0.864. The van der Waals surface area contributed by atoms with Crippen molar-refractivity contribution in [1.82, 2.24) is 9.97 Å². The van der Waals surface area contributed by atoms with Gasteiger partial charge >= 0.3 is 0 Å². The summed E-state index contributed by atoms with van der Waals surface area (Å²) in [6, 6.07) is 0. The van der Waals surface area contributed by atoms with Crippen LogP contribution in [0.3, 0.4) is 0 Å². The standard InChI is InChI=1S/C8H11N3S2/c1-12-7-4-9-8(10-5-7)11-2-3-13-6-11/h4-5H,2-3,6H2,1H3. The zero-order valence-electron chi connectivity index (χ0n) is 7.43. The molecule has 1 fully saturated rings. The molecule has 0 aliphatic carbocycles. The number of anilines is 1. The fraction of sp³-hybridized carbons (Fsp3) is 0.500. The van der Waals surface area contributed by atoms with E-state index in [2.05, 4.69) is 14.9 Å². The topological polar surface area (TPSA) is 29.0 Å². The molecule has 0 unspecified atom stereocenters. The summed E-state index contributed by atoms with van der Waals surface area (Å²) in [5, 5.41) is 0. The highest BCUT2D eigenvalue weighted by Crippen LogP contribution is 2.20. The molecule has 1 aliphatic heterocycles. The van der Waals surface area contributed by atoms with E-state index in [1.54, 1.807) is 11.8 Å². The monoisotopic (exact) mass is 213 g/mol. The fourth-order valence-corrected chi connectivity index (χ4v) is 2.41. The maximum absolute atomic E-state index is 4.31. The first-order chi connectivity index (χ1) is 6.40. The van der Waals surface area contributed by atoms with Gasteiger partial charge in [-0.1, -0.05) is 0 Å². The van der Waals surface area contributed by atoms with E-state index in [0.29, 0.717) is 0 Å². The highest BCUT2D eigenvalue weighted by Gasteiger charge is 2.14. The van der Waals surface area contributed by atoms with Gasteiger partial charge in [-0.15, -0.1) is 23.5 Å². The van der Waals surface area contributed by atoms with Crippen molar-refractivity contribution < 1.29 is 0 Å². The molecule has 70 valence electrons. The van der Waals surface area contributed by atoms with Gasteiger partial charge in [0.25, 0.3) is 0 Å². The Kier molecular flexibility index (Phi) is 2.95. The summed E-state index contributed by atoms with van der Waals surface area (Å²) < 4.78 is 0. The van der Waals surface area contributed by atoms with Gasteiger partial charge in [-0.25, -0.2) is 9.97 Å². The van der Waals surface area contributed by atoms with Gasteiger partial charge in [0.2, 0.25) is 5.95 Å². The SMILES string of the molecule is CSc1cnc(N2CCSC2)nc1. The first kappa shape index (κ1) is 9.15. The van der Waals surface area contributed by atoms with Gasteiger partial charge in [-0.3, -0.25) is 0 Å². The van der Waals surface area contributed by atoms with E-state index in [1.165, 1.54) is 5.75 Å². The first-order valence-electron chi connectivity index (χ1n) is 4.09. The average molecular weight is 213 g/mol. The molecule has 0 saturated carbocycles. The van der Waals surface area contributed by atoms with Gasteiger partial charge in [-0.05, 0) is 6.26 Å². The molecule has 1 aromatic heterocycles. The molecule has 0 N–H and O–H groups in total. The average Bonchev–Trinajstić information content (AvgIpc) is 2.71. The van der Waals surface area contributed by atoms with E-state index in [1.807, 2.05) is 30.4 Å². The lowest BCUT2D eigenvalue weighted by atomic mass is 10.6. The first-order valence-corrected chi connectivity index (χ1v) is 6.47. The van der Waals surface area contributed by atoms with Crippen LogP contribution >= 0.6 is 23.5 Å². The van der Waals surface area contributed by atoms with Gasteiger partial charge in [0, 0.05) is 29.6 Å². The van der Waals surface area contributed by atoms with Crippen LogP contribution in [-0.4, -0.2) is 34.4 Å². The lowest BCUT2D eigenvalue weighted by Crippen LogP contribution is -2.20. The summed E-state index contributed by atoms with van der Waals surface area (Å²) in [5.74, 6) is 3.08. The minimum absolute atomic E-state index is 0.864. The van der Waals surface area contributed by atoms with Crippen LogP contribution in [0.5, 0.6) is 0 Å². The molecular weight excluding hydrogens is 202 g/mol. The molecule has 1 aliphatic rings. The van der Waals surface area contributed by atoms with E-state index in [9.17, 15) is 0 Å². The lowest BCUT2D eigenvalue weighted by Gasteiger charge is -2.13. The second-order valence-corrected chi connectivity index (χ2v) is 4.68. The third kappa shape index (κ3) is 2.08. The number of aromatic nitrogens is 2. The molecule has 0 atom stereocenters. The third-order valence-corrected chi connectivity index (χ3v) is 3.53. The molecule has 0 radical (unpaired) electrons. The Morgan fingerprint density at radius 1 is 1.46 bits per heavy atom. The second-order valence-electron chi connectivity index (χ2n) is 2.72. The maximum atomic E-state index is 4.31. The van der Waals surface area contributed by atoms with Crippen molar-refractivity contribution in [2.45, 2.75) is 4.90 Å². The van der Waals surface area contributed by atoms with E-state index < -0.39 is 0 Å². The van der Waals surface area contributed by atoms with Gasteiger partial charge in [0.15, 0.2) is 0 Å². The van der Waals surface area contributed by atoms with Gasteiger partial charge in [0.1, 0.15) is 0 Å². The molecule has 1 aromatic rings. The molecular formula is C8H11N3S2. The number of nitrogens with zero attached hydrogens (tertiary/aromatic N) is 3. The van der Waals surface area contributed by atoms with Crippen molar-refractivity contribution in [1.29, 1.82) is 0 Å². The predicted molar refractivity (Wildman–Crippen MR) is 58.5 cm³/mol. The molecule has 2 rings (SSSR count). The highest BCUT2D eigenvalue weighted by atomic mass is 32.2. The third-order valence-electron chi connectivity index (χ3n) is 1.89. The van der Waals surface area contributed by atoms with Crippen LogP contribution in [0.1, 0.15) is 0 Å². The molecule has 0 aromatic carbocycles. The molecule has 0 amide bonds. The van der Waals surface area contributed by atoms with Gasteiger partial charge in [-0.2, -0.15) is 0 Å². The van der Waals surface area contributed by atoms with Crippen LogP contribution in [0.15, 0.2) is 17.3 Å². The Bertz CT molecular complexity index is 269. The van der Waals surface area contributed by atoms with Crippen LogP contribution in [0.2, 0.25) is 0 Å². The Balaban J connectivity index is 2.12. The number of rotatable bonds is 2. The number of hydrogen-bond donors (Lipinski definition) is 0. The van der Waals surface area contributed by atoms with E-state index in [-0.39, 0.29) is 0 Å². The maximum Gasteiger partial charge on any atom is 0.226 e. The Morgan fingerprint density at radius 3 is 2.77 bits per heavy atom. The summed E-state index contributed by atoms with van der Waals surface area (Å²) in [7, 11) is 0. The molecule has 3 nitrogen and oxygen atoms in total. The van der Waals surface area contributed by atoms with Crippen LogP contribution in [0, 0.1) is 0 Å². The quantitative estimate of drug-likeness (QED) is 0.698. The van der Waals surface area contributed by atoms with Crippen molar-refractivity contribution in [3.63, 3.8) is 0 Å². The van der Waals surface area contributed by atoms with Gasteiger partial charge in [0.05, 0.1) is 5.88 Å². The van der Waals surface area contributed by atoms with Crippen LogP contribution in [-0.2, 0) is 0 Å². The molecule has 13 heavy (non-hydrogen) atoms. The Labute approximate surface area is 86.3 Å². The summed E-state index contributed by atoms with van der Waals surface area (Å²) in [6.07, 6.45) is 5.80. The predicted octanol–water partition coefficient (Wildman–Crippen LogP) is 1.71. The summed E-state index contributed by atoms with van der Waals surface area (Å²) in [4.78, 5) is 11.9. The largest absolute Gasteiger partial charge is 0.331 e. The molecule has 0 spiro atoms. The van der Waals surface area contributed by atoms with Crippen molar-refractivity contribution in [2.24, 2.45) is 0 Å². The zero-order chi connectivity index (χ0) is 9.10. The summed E-state index contributed by atoms with van der Waals surface area (Å²) in [5.41, 5.74) is 0. The fourth-order valence-electron chi connectivity index (χ4n) is 1.15. The lowest BCUT2D eigenvalue weighted by molar-refractivity contribution is 0.906. The number of thioether (sulfide) groups is 2. The van der Waals surface area contributed by atoms with E-state index in [4.69, 9.17) is 0 Å². The van der Waals surface area contributed by atoms with E-state index in [0.717, 1.165) is 23.3 Å². The van der Waals surface area contributed by atoms with Crippen molar-refractivity contribution in [3.05, 3.63) is 12.4 Å². The van der Waals surface area contributed by atoms with Gasteiger partial charge < -0.3 is 4.90 Å². The second kappa shape index (κ2) is 4.19. The molecule has 0 bridgehead atoms. The van der Waals surface area contributed by atoms with Crippen molar-refractivity contribution in [3.8, 4) is 0 Å². The van der Waals surface area contributed by atoms with Crippen LogP contribution in [0.4, 0.5) is 5.95 Å².